The highest BCUT2D eigenvalue weighted by molar-refractivity contribution is 9.11. The maximum absolute atomic E-state index is 12.1. The number of benzene rings is 3. The van der Waals surface area contributed by atoms with Gasteiger partial charge in [-0.1, -0.05) is 52.3 Å². The van der Waals surface area contributed by atoms with Gasteiger partial charge < -0.3 is 10.1 Å². The first kappa shape index (κ1) is 19.4. The molecule has 27 heavy (non-hydrogen) atoms. The quantitative estimate of drug-likeness (QED) is 0.380. The Bertz CT molecular complexity index is 1000. The van der Waals surface area contributed by atoms with Crippen molar-refractivity contribution in [2.24, 2.45) is 5.10 Å². The summed E-state index contributed by atoms with van der Waals surface area (Å²) in [6, 6.07) is 17.7. The van der Waals surface area contributed by atoms with Crippen LogP contribution in [-0.4, -0.2) is 25.8 Å². The fourth-order valence-electron chi connectivity index (χ4n) is 2.66. The number of rotatable bonds is 6. The smallest absolute Gasteiger partial charge is 0.259 e. The number of ether oxygens (including phenoxy) is 1. The number of carbonyl (C=O) groups is 1. The van der Waals surface area contributed by atoms with Gasteiger partial charge in [-0.05, 0) is 39.5 Å². The predicted octanol–water partition coefficient (Wildman–Crippen LogP) is 4.94. The van der Waals surface area contributed by atoms with Gasteiger partial charge >= 0.3 is 0 Å². The second-order valence-corrected chi connectivity index (χ2v) is 7.45. The Morgan fingerprint density at radius 1 is 1.15 bits per heavy atom. The number of hydrogen-bond acceptors (Lipinski definition) is 4. The van der Waals surface area contributed by atoms with Crippen molar-refractivity contribution in [3.8, 4) is 5.75 Å². The molecule has 3 rings (SSSR count). The van der Waals surface area contributed by atoms with Crippen LogP contribution in [-0.2, 0) is 4.79 Å². The minimum absolute atomic E-state index is 0.116. The van der Waals surface area contributed by atoms with E-state index in [0.717, 1.165) is 31.0 Å². The van der Waals surface area contributed by atoms with Gasteiger partial charge in [0.1, 0.15) is 5.75 Å². The number of methoxy groups -OCH3 is 1. The molecule has 0 saturated heterocycles. The van der Waals surface area contributed by atoms with Gasteiger partial charge in [-0.15, -0.1) is 0 Å². The van der Waals surface area contributed by atoms with Crippen LogP contribution in [0.25, 0.3) is 10.8 Å². The van der Waals surface area contributed by atoms with E-state index in [1.807, 2.05) is 54.6 Å². The second kappa shape index (κ2) is 9.01. The Hall–Kier alpha value is -2.38. The SMILES string of the molecule is COc1c(Br)cc(Br)cc1/C=N/NC(=O)CNc1cccc2ccccc12. The third-order valence-corrected chi connectivity index (χ3v) is 4.91. The lowest BCUT2D eigenvalue weighted by Crippen LogP contribution is -2.26. The van der Waals surface area contributed by atoms with Crippen LogP contribution in [0.1, 0.15) is 5.56 Å². The van der Waals surface area contributed by atoms with Gasteiger partial charge in [0.15, 0.2) is 0 Å². The highest BCUT2D eigenvalue weighted by Gasteiger charge is 2.08. The van der Waals surface area contributed by atoms with Gasteiger partial charge in [0.25, 0.3) is 5.91 Å². The van der Waals surface area contributed by atoms with E-state index in [1.165, 1.54) is 0 Å². The first-order chi connectivity index (χ1) is 13.1. The minimum atomic E-state index is -0.243. The van der Waals surface area contributed by atoms with Crippen molar-refractivity contribution in [1.29, 1.82) is 0 Å². The molecule has 0 radical (unpaired) electrons. The van der Waals surface area contributed by atoms with Crippen LogP contribution in [0, 0.1) is 0 Å². The van der Waals surface area contributed by atoms with Crippen molar-refractivity contribution >= 4 is 60.4 Å². The third-order valence-electron chi connectivity index (χ3n) is 3.86. The number of nitrogens with one attached hydrogen (secondary N) is 2. The number of fused-ring (bicyclic) bond motifs is 1. The minimum Gasteiger partial charge on any atom is -0.495 e. The van der Waals surface area contributed by atoms with E-state index < -0.39 is 0 Å². The summed E-state index contributed by atoms with van der Waals surface area (Å²) in [6.07, 6.45) is 1.55. The van der Waals surface area contributed by atoms with E-state index in [9.17, 15) is 4.79 Å². The summed E-state index contributed by atoms with van der Waals surface area (Å²) in [7, 11) is 1.58. The van der Waals surface area contributed by atoms with Gasteiger partial charge in [-0.25, -0.2) is 5.43 Å². The normalized spacial score (nSPS) is 10.9. The Labute approximate surface area is 174 Å². The molecule has 3 aromatic rings. The molecule has 5 nitrogen and oxygen atoms in total. The summed E-state index contributed by atoms with van der Waals surface area (Å²) in [4.78, 5) is 12.1. The molecule has 2 N–H and O–H groups in total. The zero-order valence-corrected chi connectivity index (χ0v) is 17.7. The molecule has 0 aliphatic rings. The summed E-state index contributed by atoms with van der Waals surface area (Å²) in [6.45, 7) is 0.116. The van der Waals surface area contributed by atoms with Crippen molar-refractivity contribution in [3.05, 3.63) is 69.1 Å². The largest absolute Gasteiger partial charge is 0.495 e. The summed E-state index contributed by atoms with van der Waals surface area (Å²) in [5, 5.41) is 9.36. The molecule has 0 fully saturated rings. The molecule has 138 valence electrons. The van der Waals surface area contributed by atoms with Crippen LogP contribution >= 0.6 is 31.9 Å². The molecule has 0 aromatic heterocycles. The Kier molecular flexibility index (Phi) is 6.47. The number of nitrogens with zero attached hydrogens (tertiary/aromatic N) is 1. The van der Waals surface area contributed by atoms with Crippen LogP contribution in [0.15, 0.2) is 68.6 Å². The number of anilines is 1. The zero-order valence-electron chi connectivity index (χ0n) is 14.5. The maximum atomic E-state index is 12.1. The second-order valence-electron chi connectivity index (χ2n) is 5.68. The fraction of sp³-hybridized carbons (Fsp3) is 0.100. The molecule has 0 spiro atoms. The van der Waals surface area contributed by atoms with Crippen molar-refractivity contribution in [1.82, 2.24) is 5.43 Å². The van der Waals surface area contributed by atoms with Crippen LogP contribution in [0.4, 0.5) is 5.69 Å². The zero-order chi connectivity index (χ0) is 19.2. The Morgan fingerprint density at radius 2 is 1.93 bits per heavy atom. The molecular formula is C20H17Br2N3O2. The highest BCUT2D eigenvalue weighted by atomic mass is 79.9. The lowest BCUT2D eigenvalue weighted by atomic mass is 10.1. The molecule has 0 heterocycles. The average Bonchev–Trinajstić information content (AvgIpc) is 2.66. The summed E-state index contributed by atoms with van der Waals surface area (Å²) >= 11 is 6.86. The average molecular weight is 491 g/mol. The molecule has 1 amide bonds. The van der Waals surface area contributed by atoms with E-state index in [1.54, 1.807) is 13.3 Å². The lowest BCUT2D eigenvalue weighted by Gasteiger charge is -2.09. The molecule has 0 bridgehead atoms. The predicted molar refractivity (Wildman–Crippen MR) is 117 cm³/mol. The summed E-state index contributed by atoms with van der Waals surface area (Å²) in [5.41, 5.74) is 4.17. The summed E-state index contributed by atoms with van der Waals surface area (Å²) < 4.78 is 7.02. The van der Waals surface area contributed by atoms with Crippen molar-refractivity contribution < 1.29 is 9.53 Å². The standard InChI is InChI=1S/C20H17Br2N3O2/c1-27-20-14(9-15(21)10-17(20)22)11-24-25-19(26)12-23-18-8-4-6-13-5-2-3-7-16(13)18/h2-11,23H,12H2,1H3,(H,25,26)/b24-11+. The number of carbonyl (C=O) groups excluding carboxylic acids is 1. The van der Waals surface area contributed by atoms with E-state index in [2.05, 4.69) is 47.7 Å². The summed E-state index contributed by atoms with van der Waals surface area (Å²) in [5.74, 6) is 0.400. The molecule has 3 aromatic carbocycles. The Balaban J connectivity index is 1.63. The molecule has 0 saturated carbocycles. The first-order valence-corrected chi connectivity index (χ1v) is 9.73. The topological polar surface area (TPSA) is 62.7 Å². The molecule has 0 aliphatic carbocycles. The molecular weight excluding hydrogens is 474 g/mol. The number of hydrazone groups is 1. The van der Waals surface area contributed by atoms with Crippen LogP contribution in [0.3, 0.4) is 0 Å². The van der Waals surface area contributed by atoms with Crippen molar-refractivity contribution in [2.45, 2.75) is 0 Å². The number of hydrogen-bond donors (Lipinski definition) is 2. The van der Waals surface area contributed by atoms with Gasteiger partial charge in [0.2, 0.25) is 0 Å². The molecule has 0 aliphatic heterocycles. The third kappa shape index (κ3) is 4.87. The first-order valence-electron chi connectivity index (χ1n) is 8.15. The van der Waals surface area contributed by atoms with Crippen LogP contribution in [0.2, 0.25) is 0 Å². The van der Waals surface area contributed by atoms with E-state index >= 15 is 0 Å². The van der Waals surface area contributed by atoms with Crippen LogP contribution in [0.5, 0.6) is 5.75 Å². The van der Waals surface area contributed by atoms with E-state index in [4.69, 9.17) is 4.74 Å². The van der Waals surface area contributed by atoms with Gasteiger partial charge in [-0.2, -0.15) is 5.10 Å². The monoisotopic (exact) mass is 489 g/mol. The van der Waals surface area contributed by atoms with E-state index in [0.29, 0.717) is 5.75 Å². The lowest BCUT2D eigenvalue weighted by molar-refractivity contribution is -0.119. The van der Waals surface area contributed by atoms with Gasteiger partial charge in [0, 0.05) is 21.1 Å². The number of amides is 1. The van der Waals surface area contributed by atoms with Crippen molar-refractivity contribution in [2.75, 3.05) is 19.0 Å². The fourth-order valence-corrected chi connectivity index (χ4v) is 4.08. The van der Waals surface area contributed by atoms with E-state index in [-0.39, 0.29) is 12.5 Å². The van der Waals surface area contributed by atoms with Crippen LogP contribution < -0.4 is 15.5 Å². The maximum Gasteiger partial charge on any atom is 0.259 e. The van der Waals surface area contributed by atoms with Gasteiger partial charge in [-0.3, -0.25) is 4.79 Å². The highest BCUT2D eigenvalue weighted by Crippen LogP contribution is 2.31. The number of halogens is 2. The molecule has 0 unspecified atom stereocenters. The molecule has 0 atom stereocenters. The van der Waals surface area contributed by atoms with Gasteiger partial charge in [0.05, 0.1) is 24.3 Å². The van der Waals surface area contributed by atoms with Crippen molar-refractivity contribution in [3.63, 3.8) is 0 Å². The molecule has 7 heteroatoms. The Morgan fingerprint density at radius 3 is 2.74 bits per heavy atom.